The topological polar surface area (TPSA) is 17.8 Å². The van der Waals surface area contributed by atoms with Crippen LogP contribution in [0.2, 0.25) is 0 Å². The first-order valence-corrected chi connectivity index (χ1v) is 8.68. The molecule has 2 rings (SSSR count). The molecule has 1 aromatic carbocycles. The van der Waals surface area contributed by atoms with Gasteiger partial charge in [-0.1, -0.05) is 15.9 Å². The van der Waals surface area contributed by atoms with Gasteiger partial charge in [0.1, 0.15) is 5.82 Å². The predicted octanol–water partition coefficient (Wildman–Crippen LogP) is 4.33. The van der Waals surface area contributed by atoms with Gasteiger partial charge in [0.2, 0.25) is 0 Å². The molecule has 98 valence electrons. The molecule has 0 atom stereocenters. The summed E-state index contributed by atoms with van der Waals surface area (Å²) in [7, 11) is 0. The van der Waals surface area contributed by atoms with E-state index < -0.39 is 0 Å². The van der Waals surface area contributed by atoms with Gasteiger partial charge in [0.05, 0.1) is 11.0 Å². The van der Waals surface area contributed by atoms with Crippen LogP contribution in [-0.4, -0.2) is 27.4 Å². The Bertz CT molecular complexity index is 527. The lowest BCUT2D eigenvalue weighted by molar-refractivity contribution is 0.665. The number of nitrogens with zero attached hydrogens (tertiary/aromatic N) is 2. The summed E-state index contributed by atoms with van der Waals surface area (Å²) in [4.78, 5) is 4.68. The van der Waals surface area contributed by atoms with E-state index in [1.165, 1.54) is 11.3 Å². The van der Waals surface area contributed by atoms with Gasteiger partial charge in [-0.3, -0.25) is 0 Å². The second kappa shape index (κ2) is 6.83. The molecule has 18 heavy (non-hydrogen) atoms. The van der Waals surface area contributed by atoms with E-state index in [0.29, 0.717) is 5.88 Å². The van der Waals surface area contributed by atoms with Crippen LogP contribution in [0.5, 0.6) is 0 Å². The molecule has 0 saturated carbocycles. The molecule has 0 radical (unpaired) electrons. The van der Waals surface area contributed by atoms with Crippen molar-refractivity contribution in [1.82, 2.24) is 9.55 Å². The van der Waals surface area contributed by atoms with Crippen LogP contribution in [0.3, 0.4) is 0 Å². The number of alkyl halides is 1. The Morgan fingerprint density at radius 1 is 1.44 bits per heavy atom. The van der Waals surface area contributed by atoms with E-state index in [1.54, 1.807) is 0 Å². The summed E-state index contributed by atoms with van der Waals surface area (Å²) < 4.78 is 3.38. The minimum absolute atomic E-state index is 0.618. The smallest absolute Gasteiger partial charge is 0.111 e. The van der Waals surface area contributed by atoms with Crippen molar-refractivity contribution in [2.75, 3.05) is 17.9 Å². The minimum atomic E-state index is 0.618. The second-order valence-corrected chi connectivity index (χ2v) is 6.38. The summed E-state index contributed by atoms with van der Waals surface area (Å²) in [6, 6.07) is 6.26. The molecule has 0 fully saturated rings. The first kappa shape index (κ1) is 14.2. The van der Waals surface area contributed by atoms with Crippen molar-refractivity contribution >= 4 is 50.3 Å². The fourth-order valence-electron chi connectivity index (χ4n) is 2.04. The standard InChI is InChI=1S/C13H16BrClN2S/c1-18-8-2-7-17-12-4-3-10(14)9-11(12)16-13(17)5-6-15/h3-4,9H,2,5-8H2,1H3. The first-order chi connectivity index (χ1) is 8.76. The Hall–Kier alpha value is -0.190. The third kappa shape index (κ3) is 3.22. The number of hydrogen-bond acceptors (Lipinski definition) is 2. The van der Waals surface area contributed by atoms with Gasteiger partial charge in [-0.05, 0) is 36.6 Å². The van der Waals surface area contributed by atoms with Gasteiger partial charge in [0, 0.05) is 23.3 Å². The molecule has 0 bridgehead atoms. The summed E-state index contributed by atoms with van der Waals surface area (Å²) in [6.07, 6.45) is 4.13. The molecular weight excluding hydrogens is 332 g/mol. The molecule has 0 aliphatic heterocycles. The van der Waals surface area contributed by atoms with Crippen molar-refractivity contribution in [2.24, 2.45) is 0 Å². The van der Waals surface area contributed by atoms with Crippen molar-refractivity contribution in [3.63, 3.8) is 0 Å². The van der Waals surface area contributed by atoms with E-state index in [0.717, 1.165) is 35.2 Å². The largest absolute Gasteiger partial charge is 0.328 e. The lowest BCUT2D eigenvalue weighted by atomic mass is 10.3. The molecule has 0 aliphatic rings. The Morgan fingerprint density at radius 2 is 2.28 bits per heavy atom. The predicted molar refractivity (Wildman–Crippen MR) is 84.9 cm³/mol. The lowest BCUT2D eigenvalue weighted by Gasteiger charge is -2.07. The molecule has 1 heterocycles. The number of fused-ring (bicyclic) bond motifs is 1. The zero-order valence-corrected chi connectivity index (χ0v) is 13.5. The van der Waals surface area contributed by atoms with E-state index >= 15 is 0 Å². The number of thioether (sulfide) groups is 1. The highest BCUT2D eigenvalue weighted by molar-refractivity contribution is 9.10. The lowest BCUT2D eigenvalue weighted by Crippen LogP contribution is -2.05. The monoisotopic (exact) mass is 346 g/mol. The molecule has 2 nitrogen and oxygen atoms in total. The molecule has 0 saturated heterocycles. The Kier molecular flexibility index (Phi) is 5.39. The summed E-state index contributed by atoms with van der Waals surface area (Å²) in [5, 5.41) is 0. The van der Waals surface area contributed by atoms with E-state index in [9.17, 15) is 0 Å². The van der Waals surface area contributed by atoms with Gasteiger partial charge >= 0.3 is 0 Å². The molecule has 0 spiro atoms. The molecular formula is C13H16BrClN2S. The number of hydrogen-bond donors (Lipinski definition) is 0. The van der Waals surface area contributed by atoms with Crippen molar-refractivity contribution in [2.45, 2.75) is 19.4 Å². The highest BCUT2D eigenvalue weighted by Crippen LogP contribution is 2.22. The Balaban J connectivity index is 2.35. The van der Waals surface area contributed by atoms with Gasteiger partial charge in [-0.2, -0.15) is 11.8 Å². The van der Waals surface area contributed by atoms with Gasteiger partial charge in [-0.25, -0.2) is 4.98 Å². The maximum absolute atomic E-state index is 5.86. The second-order valence-electron chi connectivity index (χ2n) is 4.10. The van der Waals surface area contributed by atoms with Gasteiger partial charge < -0.3 is 4.57 Å². The molecule has 0 unspecified atom stereocenters. The zero-order valence-electron chi connectivity index (χ0n) is 10.3. The number of aryl methyl sites for hydroxylation is 2. The molecule has 5 heteroatoms. The van der Waals surface area contributed by atoms with Crippen LogP contribution >= 0.6 is 39.3 Å². The van der Waals surface area contributed by atoms with Crippen LogP contribution in [0, 0.1) is 0 Å². The first-order valence-electron chi connectivity index (χ1n) is 5.96. The molecule has 1 aromatic heterocycles. The van der Waals surface area contributed by atoms with Crippen LogP contribution < -0.4 is 0 Å². The highest BCUT2D eigenvalue weighted by Gasteiger charge is 2.10. The third-order valence-electron chi connectivity index (χ3n) is 2.84. The van der Waals surface area contributed by atoms with Crippen molar-refractivity contribution < 1.29 is 0 Å². The van der Waals surface area contributed by atoms with Gasteiger partial charge in [-0.15, -0.1) is 11.6 Å². The summed E-state index contributed by atoms with van der Waals surface area (Å²) in [6.45, 7) is 1.02. The number of halogens is 2. The number of rotatable bonds is 6. The summed E-state index contributed by atoms with van der Waals surface area (Å²) in [5.41, 5.74) is 2.26. The number of imidazole rings is 1. The van der Waals surface area contributed by atoms with E-state index in [2.05, 4.69) is 49.9 Å². The average Bonchev–Trinajstić information content (AvgIpc) is 2.67. The minimum Gasteiger partial charge on any atom is -0.328 e. The molecule has 0 N–H and O–H groups in total. The zero-order chi connectivity index (χ0) is 13.0. The molecule has 0 aliphatic carbocycles. The Morgan fingerprint density at radius 3 is 3.00 bits per heavy atom. The third-order valence-corrected chi connectivity index (χ3v) is 4.22. The number of benzene rings is 1. The van der Waals surface area contributed by atoms with Crippen LogP contribution in [-0.2, 0) is 13.0 Å². The quantitative estimate of drug-likeness (QED) is 0.571. The summed E-state index contributed by atoms with van der Waals surface area (Å²) in [5.74, 6) is 2.89. The van der Waals surface area contributed by atoms with Crippen LogP contribution in [0.25, 0.3) is 11.0 Å². The average molecular weight is 348 g/mol. The normalized spacial score (nSPS) is 11.3. The Labute approximate surface area is 125 Å². The van der Waals surface area contributed by atoms with Crippen LogP contribution in [0.1, 0.15) is 12.2 Å². The maximum Gasteiger partial charge on any atom is 0.111 e. The number of aromatic nitrogens is 2. The van der Waals surface area contributed by atoms with Gasteiger partial charge in [0.15, 0.2) is 0 Å². The van der Waals surface area contributed by atoms with Crippen LogP contribution in [0.15, 0.2) is 22.7 Å². The van der Waals surface area contributed by atoms with Crippen molar-refractivity contribution in [3.8, 4) is 0 Å². The maximum atomic E-state index is 5.86. The van der Waals surface area contributed by atoms with Crippen LogP contribution in [0.4, 0.5) is 0 Å². The van der Waals surface area contributed by atoms with Gasteiger partial charge in [0.25, 0.3) is 0 Å². The van der Waals surface area contributed by atoms with E-state index in [-0.39, 0.29) is 0 Å². The summed E-state index contributed by atoms with van der Waals surface area (Å²) >= 11 is 11.2. The van der Waals surface area contributed by atoms with E-state index in [4.69, 9.17) is 11.6 Å². The fraction of sp³-hybridized carbons (Fsp3) is 0.462. The van der Waals surface area contributed by atoms with E-state index in [1.807, 2.05) is 11.8 Å². The highest BCUT2D eigenvalue weighted by atomic mass is 79.9. The molecule has 0 amide bonds. The fourth-order valence-corrected chi connectivity index (χ4v) is 2.98. The molecule has 2 aromatic rings. The SMILES string of the molecule is CSCCCn1c(CCCl)nc2cc(Br)ccc21. The van der Waals surface area contributed by atoms with Crippen molar-refractivity contribution in [1.29, 1.82) is 0 Å². The van der Waals surface area contributed by atoms with Crippen molar-refractivity contribution in [3.05, 3.63) is 28.5 Å².